The number of aliphatic carboxylic acids is 1. The van der Waals surface area contributed by atoms with E-state index in [1.54, 1.807) is 16.7 Å². The Balaban J connectivity index is 2.62. The van der Waals surface area contributed by atoms with Gasteiger partial charge in [-0.25, -0.2) is 4.79 Å². The summed E-state index contributed by atoms with van der Waals surface area (Å²) in [5.74, 6) is -0.505. The van der Waals surface area contributed by atoms with Crippen LogP contribution in [0.3, 0.4) is 0 Å². The molecule has 0 saturated carbocycles. The van der Waals surface area contributed by atoms with Gasteiger partial charge in [0, 0.05) is 6.54 Å². The van der Waals surface area contributed by atoms with E-state index in [1.807, 2.05) is 13.8 Å². The van der Waals surface area contributed by atoms with E-state index in [9.17, 15) is 9.59 Å². The van der Waals surface area contributed by atoms with E-state index in [-0.39, 0.29) is 5.91 Å². The maximum atomic E-state index is 12.0. The van der Waals surface area contributed by atoms with Crippen LogP contribution >= 0.6 is 11.8 Å². The lowest BCUT2D eigenvalue weighted by Crippen LogP contribution is -2.45. The quantitative estimate of drug-likeness (QED) is 0.838. The molecule has 0 bridgehead atoms. The van der Waals surface area contributed by atoms with Gasteiger partial charge in [-0.05, 0) is 18.1 Å². The number of carbonyl (C=O) groups is 2. The van der Waals surface area contributed by atoms with Gasteiger partial charge in [0.15, 0.2) is 0 Å². The SMILES string of the molecule is CC(C)SCC(=O)N1CCCCCC1C(=O)O. The van der Waals surface area contributed by atoms with E-state index in [2.05, 4.69) is 0 Å². The second-order valence-corrected chi connectivity index (χ2v) is 6.22. The predicted molar refractivity (Wildman–Crippen MR) is 69.2 cm³/mol. The van der Waals surface area contributed by atoms with Gasteiger partial charge in [0.1, 0.15) is 6.04 Å². The average molecular weight is 259 g/mol. The second kappa shape index (κ2) is 6.89. The summed E-state index contributed by atoms with van der Waals surface area (Å²) in [5.41, 5.74) is 0. The predicted octanol–water partition coefficient (Wildman–Crippen LogP) is 1.98. The van der Waals surface area contributed by atoms with E-state index < -0.39 is 12.0 Å². The highest BCUT2D eigenvalue weighted by molar-refractivity contribution is 8.00. The van der Waals surface area contributed by atoms with Crippen molar-refractivity contribution in [1.29, 1.82) is 0 Å². The van der Waals surface area contributed by atoms with E-state index in [0.717, 1.165) is 19.3 Å². The maximum Gasteiger partial charge on any atom is 0.326 e. The molecule has 5 heteroatoms. The Kier molecular flexibility index (Phi) is 5.82. The van der Waals surface area contributed by atoms with Crippen molar-refractivity contribution in [3.63, 3.8) is 0 Å². The highest BCUT2D eigenvalue weighted by Crippen LogP contribution is 2.19. The highest BCUT2D eigenvalue weighted by Gasteiger charge is 2.30. The Morgan fingerprint density at radius 3 is 2.65 bits per heavy atom. The number of nitrogens with zero attached hydrogens (tertiary/aromatic N) is 1. The molecule has 0 radical (unpaired) electrons. The van der Waals surface area contributed by atoms with Crippen LogP contribution in [0.2, 0.25) is 0 Å². The largest absolute Gasteiger partial charge is 0.480 e. The minimum absolute atomic E-state index is 0.0296. The van der Waals surface area contributed by atoms with Crippen molar-refractivity contribution in [2.75, 3.05) is 12.3 Å². The number of rotatable bonds is 4. The molecule has 98 valence electrons. The average Bonchev–Trinajstić information content (AvgIpc) is 2.50. The third-order valence-corrected chi connectivity index (χ3v) is 3.98. The van der Waals surface area contributed by atoms with E-state index in [0.29, 0.717) is 24.0 Å². The molecule has 1 saturated heterocycles. The molecular formula is C12H21NO3S. The van der Waals surface area contributed by atoms with Crippen molar-refractivity contribution < 1.29 is 14.7 Å². The number of thioether (sulfide) groups is 1. The fourth-order valence-electron chi connectivity index (χ4n) is 1.98. The first kappa shape index (κ1) is 14.4. The smallest absolute Gasteiger partial charge is 0.326 e. The first-order valence-electron chi connectivity index (χ1n) is 6.16. The van der Waals surface area contributed by atoms with Gasteiger partial charge in [-0.1, -0.05) is 26.7 Å². The van der Waals surface area contributed by atoms with Crippen LogP contribution in [-0.2, 0) is 9.59 Å². The number of carbonyl (C=O) groups excluding carboxylic acids is 1. The summed E-state index contributed by atoms with van der Waals surface area (Å²) in [4.78, 5) is 24.7. The number of carboxylic acid groups (broad SMARTS) is 1. The van der Waals surface area contributed by atoms with Crippen LogP contribution < -0.4 is 0 Å². The lowest BCUT2D eigenvalue weighted by Gasteiger charge is -2.27. The molecule has 1 fully saturated rings. The van der Waals surface area contributed by atoms with Gasteiger partial charge in [0.05, 0.1) is 5.75 Å². The Hall–Kier alpha value is -0.710. The molecule has 1 atom stereocenters. The van der Waals surface area contributed by atoms with Crippen molar-refractivity contribution in [2.45, 2.75) is 50.8 Å². The molecular weight excluding hydrogens is 238 g/mol. The second-order valence-electron chi connectivity index (χ2n) is 4.65. The van der Waals surface area contributed by atoms with E-state index in [4.69, 9.17) is 5.11 Å². The van der Waals surface area contributed by atoms with Crippen molar-refractivity contribution >= 4 is 23.6 Å². The number of carboxylic acids is 1. The third-order valence-electron chi connectivity index (χ3n) is 2.90. The fourth-order valence-corrected chi connectivity index (χ4v) is 2.63. The zero-order valence-electron chi connectivity index (χ0n) is 10.5. The van der Waals surface area contributed by atoms with Gasteiger partial charge in [-0.15, -0.1) is 11.8 Å². The zero-order valence-corrected chi connectivity index (χ0v) is 11.3. The van der Waals surface area contributed by atoms with Crippen LogP contribution in [0, 0.1) is 0 Å². The Morgan fingerprint density at radius 2 is 2.06 bits per heavy atom. The van der Waals surface area contributed by atoms with Gasteiger partial charge in [-0.3, -0.25) is 4.79 Å². The Bertz CT molecular complexity index is 281. The molecule has 1 aliphatic heterocycles. The molecule has 0 aromatic carbocycles. The molecule has 1 unspecified atom stereocenters. The maximum absolute atomic E-state index is 12.0. The summed E-state index contributed by atoms with van der Waals surface area (Å²) < 4.78 is 0. The third kappa shape index (κ3) is 4.58. The van der Waals surface area contributed by atoms with Gasteiger partial charge < -0.3 is 10.0 Å². The monoisotopic (exact) mass is 259 g/mol. The topological polar surface area (TPSA) is 57.6 Å². The summed E-state index contributed by atoms with van der Waals surface area (Å²) in [5, 5.41) is 9.56. The molecule has 0 aromatic heterocycles. The number of hydrogen-bond acceptors (Lipinski definition) is 3. The number of amides is 1. The highest BCUT2D eigenvalue weighted by atomic mass is 32.2. The normalized spacial score (nSPS) is 21.4. The van der Waals surface area contributed by atoms with Crippen LogP contribution in [0.4, 0.5) is 0 Å². The van der Waals surface area contributed by atoms with Crippen LogP contribution in [0.1, 0.15) is 39.5 Å². The van der Waals surface area contributed by atoms with Crippen LogP contribution in [-0.4, -0.2) is 45.5 Å². The molecule has 4 nitrogen and oxygen atoms in total. The standard InChI is InChI=1S/C12H21NO3S/c1-9(2)17-8-11(14)13-7-5-3-4-6-10(13)12(15)16/h9-10H,3-8H2,1-2H3,(H,15,16). The molecule has 1 N–H and O–H groups in total. The van der Waals surface area contributed by atoms with Crippen LogP contribution in [0.15, 0.2) is 0 Å². The Morgan fingerprint density at radius 1 is 1.35 bits per heavy atom. The molecule has 0 spiro atoms. The van der Waals surface area contributed by atoms with E-state index in [1.165, 1.54) is 0 Å². The molecule has 0 aromatic rings. The lowest BCUT2D eigenvalue weighted by atomic mass is 10.1. The lowest BCUT2D eigenvalue weighted by molar-refractivity contribution is -0.149. The fraction of sp³-hybridized carbons (Fsp3) is 0.833. The Labute approximate surface area is 107 Å². The zero-order chi connectivity index (χ0) is 12.8. The molecule has 1 heterocycles. The number of likely N-dealkylation sites (tertiary alicyclic amines) is 1. The van der Waals surface area contributed by atoms with Crippen molar-refractivity contribution in [2.24, 2.45) is 0 Å². The summed E-state index contributed by atoms with van der Waals surface area (Å²) in [6.45, 7) is 4.67. The van der Waals surface area contributed by atoms with Crippen LogP contribution in [0.25, 0.3) is 0 Å². The minimum Gasteiger partial charge on any atom is -0.480 e. The molecule has 1 rings (SSSR count). The summed E-state index contributed by atoms with van der Waals surface area (Å²) in [6, 6.07) is -0.613. The van der Waals surface area contributed by atoms with Crippen molar-refractivity contribution in [3.05, 3.63) is 0 Å². The van der Waals surface area contributed by atoms with Gasteiger partial charge >= 0.3 is 5.97 Å². The first-order valence-corrected chi connectivity index (χ1v) is 7.21. The summed E-state index contributed by atoms with van der Waals surface area (Å²) >= 11 is 1.57. The first-order chi connectivity index (χ1) is 8.02. The molecule has 1 amide bonds. The number of hydrogen-bond donors (Lipinski definition) is 1. The van der Waals surface area contributed by atoms with Crippen molar-refractivity contribution in [3.8, 4) is 0 Å². The van der Waals surface area contributed by atoms with Gasteiger partial charge in [0.25, 0.3) is 0 Å². The summed E-state index contributed by atoms with van der Waals surface area (Å²) in [7, 11) is 0. The molecule has 0 aliphatic carbocycles. The molecule has 1 aliphatic rings. The van der Waals surface area contributed by atoms with Gasteiger partial charge in [-0.2, -0.15) is 0 Å². The van der Waals surface area contributed by atoms with E-state index >= 15 is 0 Å². The summed E-state index contributed by atoms with van der Waals surface area (Å²) in [6.07, 6.45) is 3.43. The minimum atomic E-state index is -0.866. The van der Waals surface area contributed by atoms with Crippen molar-refractivity contribution in [1.82, 2.24) is 4.90 Å². The van der Waals surface area contributed by atoms with Crippen LogP contribution in [0.5, 0.6) is 0 Å². The van der Waals surface area contributed by atoms with Gasteiger partial charge in [0.2, 0.25) is 5.91 Å². The molecule has 17 heavy (non-hydrogen) atoms.